The molecule has 0 saturated carbocycles. The van der Waals surface area contributed by atoms with Gasteiger partial charge in [-0.3, -0.25) is 0 Å². The smallest absolute Gasteiger partial charge is 0.0226 e. The Morgan fingerprint density at radius 2 is 0.833 bits per heavy atom. The molecule has 24 heavy (non-hydrogen) atoms. The van der Waals surface area contributed by atoms with Crippen molar-refractivity contribution in [1.82, 2.24) is 0 Å². The van der Waals surface area contributed by atoms with Gasteiger partial charge in [0.2, 0.25) is 0 Å². The normalized spacial score (nSPS) is 13.2. The van der Waals surface area contributed by atoms with Crippen molar-refractivity contribution in [2.45, 2.75) is 10.5 Å². The Balaban J connectivity index is 0. The number of rotatable bonds is 16. The maximum absolute atomic E-state index is 4.31. The van der Waals surface area contributed by atoms with Gasteiger partial charge in [-0.1, -0.05) is 0 Å². The summed E-state index contributed by atoms with van der Waals surface area (Å²) in [6, 6.07) is 0. The van der Waals surface area contributed by atoms with Crippen molar-refractivity contribution in [3.63, 3.8) is 0 Å². The lowest BCUT2D eigenvalue weighted by Crippen LogP contribution is -2.10. The van der Waals surface area contributed by atoms with E-state index in [1.54, 1.807) is 0 Å². The molecule has 0 aromatic heterocycles. The molecule has 0 spiro atoms. The van der Waals surface area contributed by atoms with Gasteiger partial charge >= 0.3 is 0 Å². The second-order valence-corrected chi connectivity index (χ2v) is 12.0. The Hall–Kier alpha value is 3.50. The Morgan fingerprint density at radius 1 is 0.500 bits per heavy atom. The zero-order valence-corrected chi connectivity index (χ0v) is 22.6. The van der Waals surface area contributed by atoms with Crippen LogP contribution in [0, 0.1) is 0 Å². The van der Waals surface area contributed by atoms with Crippen molar-refractivity contribution in [3.05, 3.63) is 0 Å². The predicted molar refractivity (Wildman–Crippen MR) is 150 cm³/mol. The summed E-state index contributed by atoms with van der Waals surface area (Å²) in [5.41, 5.74) is 0. The van der Waals surface area contributed by atoms with Crippen molar-refractivity contribution in [1.29, 1.82) is 0 Å². The molecule has 0 aliphatic heterocycles. The van der Waals surface area contributed by atoms with E-state index in [9.17, 15) is 0 Å². The highest BCUT2D eigenvalue weighted by Crippen LogP contribution is 2.18. The average molecular weight is 521 g/mol. The molecule has 0 nitrogen and oxygen atoms in total. The first kappa shape index (κ1) is 29.7. The molecule has 0 rings (SSSR count). The number of thiol groups is 6. The first-order valence-electron chi connectivity index (χ1n) is 7.73. The van der Waals surface area contributed by atoms with E-state index in [0.717, 1.165) is 57.5 Å². The Labute approximate surface area is 200 Å². The minimum absolute atomic E-state index is 0.686. The van der Waals surface area contributed by atoms with Gasteiger partial charge in [0.15, 0.2) is 0 Å². The van der Waals surface area contributed by atoms with Crippen LogP contribution in [0.25, 0.3) is 0 Å². The summed E-state index contributed by atoms with van der Waals surface area (Å²) in [6.45, 7) is 0. The van der Waals surface area contributed by atoms with Gasteiger partial charge in [-0.15, -0.1) is 0 Å². The van der Waals surface area contributed by atoms with Crippen LogP contribution in [0.2, 0.25) is 0 Å². The van der Waals surface area contributed by atoms with E-state index in [1.165, 1.54) is 11.5 Å². The van der Waals surface area contributed by atoms with Crippen LogP contribution in [0.1, 0.15) is 0 Å². The molecule has 0 aliphatic rings. The van der Waals surface area contributed by atoms with Crippen LogP contribution in [0.5, 0.6) is 0 Å². The first-order valence-corrected chi connectivity index (χ1v) is 15.9. The molecule has 2 atom stereocenters. The van der Waals surface area contributed by atoms with E-state index < -0.39 is 0 Å². The third-order valence-corrected chi connectivity index (χ3v) is 11.0. The van der Waals surface area contributed by atoms with Gasteiger partial charge in [-0.2, -0.15) is 123 Å². The Morgan fingerprint density at radius 3 is 1.08 bits per heavy atom. The highest BCUT2D eigenvalue weighted by molar-refractivity contribution is 8.05. The summed E-state index contributed by atoms with van der Waals surface area (Å²) in [6.07, 6.45) is 0. The van der Waals surface area contributed by atoms with Crippen LogP contribution in [0.15, 0.2) is 0 Å². The van der Waals surface area contributed by atoms with E-state index in [4.69, 9.17) is 0 Å². The monoisotopic (exact) mass is 520 g/mol. The molecular formula is C14H32S10. The highest BCUT2D eigenvalue weighted by atomic mass is 32.2. The summed E-state index contributed by atoms with van der Waals surface area (Å²) in [5.74, 6) is 12.8. The largest absolute Gasteiger partial charge is 0.179 e. The minimum Gasteiger partial charge on any atom is -0.179 e. The molecule has 0 fully saturated rings. The van der Waals surface area contributed by atoms with E-state index in [1.807, 2.05) is 47.0 Å². The van der Waals surface area contributed by atoms with Crippen molar-refractivity contribution >= 4 is 123 Å². The van der Waals surface area contributed by atoms with Crippen molar-refractivity contribution in [2.75, 3.05) is 69.0 Å². The molecule has 2 unspecified atom stereocenters. The third kappa shape index (κ3) is 23.5. The van der Waals surface area contributed by atoms with Crippen LogP contribution < -0.4 is 0 Å². The lowest BCUT2D eigenvalue weighted by molar-refractivity contribution is 1.15. The quantitative estimate of drug-likeness (QED) is 0.122. The molecule has 0 amide bonds. The predicted octanol–water partition coefficient (Wildman–Crippen LogP) is 5.22. The molecule has 0 aromatic rings. The molecule has 0 N–H and O–H groups in total. The molecule has 0 radical (unpaired) electrons. The van der Waals surface area contributed by atoms with Gasteiger partial charge in [0.1, 0.15) is 0 Å². The van der Waals surface area contributed by atoms with Gasteiger partial charge in [-0.25, -0.2) is 0 Å². The topological polar surface area (TPSA) is 0 Å². The molecule has 0 aromatic carbocycles. The van der Waals surface area contributed by atoms with Gasteiger partial charge in [0.25, 0.3) is 0 Å². The van der Waals surface area contributed by atoms with Crippen molar-refractivity contribution in [2.24, 2.45) is 0 Å². The average Bonchev–Trinajstić information content (AvgIpc) is 2.61. The first-order chi connectivity index (χ1) is 11.7. The molecule has 10 heteroatoms. The van der Waals surface area contributed by atoms with Gasteiger partial charge in [-0.05, 0) is 23.0 Å². The number of hydrogen-bond acceptors (Lipinski definition) is 10. The van der Waals surface area contributed by atoms with Crippen LogP contribution in [0.4, 0.5) is 0 Å². The van der Waals surface area contributed by atoms with E-state index in [-0.39, 0.29) is 0 Å². The number of thioether (sulfide) groups is 4. The maximum Gasteiger partial charge on any atom is 0.0226 e. The van der Waals surface area contributed by atoms with Crippen LogP contribution in [-0.4, -0.2) is 79.5 Å². The summed E-state index contributed by atoms with van der Waals surface area (Å²) in [5, 5.41) is 1.37. The van der Waals surface area contributed by atoms with Gasteiger partial charge in [0, 0.05) is 56.5 Å². The molecule has 0 saturated heterocycles. The minimum atomic E-state index is 0.686. The van der Waals surface area contributed by atoms with Crippen LogP contribution in [-0.2, 0) is 0 Å². The summed E-state index contributed by atoms with van der Waals surface area (Å²) in [4.78, 5) is 0. The highest BCUT2D eigenvalue weighted by Gasteiger charge is 2.06. The fraction of sp³-hybridized carbons (Fsp3) is 1.00. The Bertz CT molecular complexity index is 198. The van der Waals surface area contributed by atoms with Crippen molar-refractivity contribution < 1.29 is 0 Å². The fourth-order valence-corrected chi connectivity index (χ4v) is 7.74. The second-order valence-electron chi connectivity index (χ2n) is 4.40. The number of hydrogen-bond donors (Lipinski definition) is 6. The summed E-state index contributed by atoms with van der Waals surface area (Å²) >= 11 is 33.2. The molecule has 0 heterocycles. The van der Waals surface area contributed by atoms with Gasteiger partial charge in [0.05, 0.1) is 0 Å². The van der Waals surface area contributed by atoms with E-state index >= 15 is 0 Å². The zero-order valence-electron chi connectivity index (χ0n) is 14.0. The Kier molecular flexibility index (Phi) is 32.8. The van der Waals surface area contributed by atoms with Crippen molar-refractivity contribution in [3.8, 4) is 0 Å². The molecular weight excluding hydrogens is 489 g/mol. The molecule has 0 aliphatic carbocycles. The van der Waals surface area contributed by atoms with Gasteiger partial charge < -0.3 is 0 Å². The lowest BCUT2D eigenvalue weighted by atomic mass is 10.5. The van der Waals surface area contributed by atoms with Crippen LogP contribution in [0.3, 0.4) is 0 Å². The lowest BCUT2D eigenvalue weighted by Gasteiger charge is -2.12. The SMILES string of the molecule is SCCSCC(CS)SCCS.SCCSCC(CS)SCCS. The molecule has 0 bridgehead atoms. The fourth-order valence-electron chi connectivity index (χ4n) is 1.30. The van der Waals surface area contributed by atoms with Crippen LogP contribution >= 0.6 is 123 Å². The third-order valence-electron chi connectivity index (χ3n) is 2.38. The van der Waals surface area contributed by atoms with E-state index in [2.05, 4.69) is 75.8 Å². The summed E-state index contributed by atoms with van der Waals surface area (Å²) in [7, 11) is 0. The molecule has 148 valence electrons. The maximum atomic E-state index is 4.31. The standard InChI is InChI=1S/2C7H16S5/c2*8-1-3-11-6-7(5-10)12-4-2-9/h2*7-10H,1-6H2. The van der Waals surface area contributed by atoms with E-state index in [0.29, 0.717) is 10.5 Å². The zero-order chi connectivity index (χ0) is 18.5. The summed E-state index contributed by atoms with van der Waals surface area (Å²) < 4.78 is 0. The second kappa shape index (κ2) is 26.5.